The number of piperazine rings is 1. The second kappa shape index (κ2) is 9.78. The molecule has 1 heterocycles. The molecule has 33 heavy (non-hydrogen) atoms. The van der Waals surface area contributed by atoms with E-state index < -0.39 is 22.2 Å². The van der Waals surface area contributed by atoms with Crippen LogP contribution in [0.25, 0.3) is 10.8 Å². The molecule has 1 atom stereocenters. The average Bonchev–Trinajstić information content (AvgIpc) is 2.82. The van der Waals surface area contributed by atoms with Gasteiger partial charge in [-0.15, -0.1) is 0 Å². The van der Waals surface area contributed by atoms with E-state index in [0.29, 0.717) is 19.7 Å². The van der Waals surface area contributed by atoms with Gasteiger partial charge in [-0.05, 0) is 53.6 Å². The van der Waals surface area contributed by atoms with Gasteiger partial charge in [0.1, 0.15) is 18.4 Å². The topological polar surface area (TPSA) is 99.2 Å². The van der Waals surface area contributed by atoms with E-state index in [1.54, 1.807) is 0 Å². The number of ether oxygens (including phenoxy) is 1. The van der Waals surface area contributed by atoms with Crippen LogP contribution in [0.15, 0.2) is 66.7 Å². The largest absolute Gasteiger partial charge is 0.489 e. The Bertz CT molecular complexity index is 1220. The smallest absolute Gasteiger partial charge is 0.321 e. The van der Waals surface area contributed by atoms with E-state index in [1.807, 2.05) is 36.4 Å². The van der Waals surface area contributed by atoms with Crippen molar-refractivity contribution >= 4 is 32.6 Å². The summed E-state index contributed by atoms with van der Waals surface area (Å²) in [4.78, 5) is 13.0. The molecule has 1 aliphatic heterocycles. The minimum absolute atomic E-state index is 0.280. The van der Waals surface area contributed by atoms with Crippen molar-refractivity contribution in [1.82, 2.24) is 9.03 Å². The van der Waals surface area contributed by atoms with Gasteiger partial charge in [-0.1, -0.05) is 36.4 Å². The number of nitrogens with one attached hydrogen (secondary N) is 1. The van der Waals surface area contributed by atoms with E-state index in [-0.39, 0.29) is 13.1 Å². The van der Waals surface area contributed by atoms with Crippen LogP contribution >= 0.6 is 0 Å². The van der Waals surface area contributed by atoms with E-state index in [2.05, 4.69) is 40.0 Å². The Labute approximate surface area is 193 Å². The van der Waals surface area contributed by atoms with Crippen LogP contribution in [0.4, 0.5) is 5.69 Å². The van der Waals surface area contributed by atoms with Crippen LogP contribution in [0.3, 0.4) is 0 Å². The number of anilines is 1. The van der Waals surface area contributed by atoms with Crippen LogP contribution in [-0.4, -0.2) is 56.0 Å². The van der Waals surface area contributed by atoms with Gasteiger partial charge >= 0.3 is 5.97 Å². The third-order valence-electron chi connectivity index (χ3n) is 5.70. The molecule has 0 radical (unpaired) electrons. The third kappa shape index (κ3) is 5.62. The molecule has 3 aromatic carbocycles. The highest BCUT2D eigenvalue weighted by molar-refractivity contribution is 7.87. The van der Waals surface area contributed by atoms with E-state index in [0.717, 1.165) is 17.0 Å². The van der Waals surface area contributed by atoms with Gasteiger partial charge in [-0.25, -0.2) is 0 Å². The van der Waals surface area contributed by atoms with Crippen LogP contribution in [0.1, 0.15) is 12.5 Å². The Morgan fingerprint density at radius 2 is 1.67 bits per heavy atom. The molecule has 1 saturated heterocycles. The van der Waals surface area contributed by atoms with Gasteiger partial charge in [0.05, 0.1) is 0 Å². The highest BCUT2D eigenvalue weighted by Gasteiger charge is 2.29. The molecule has 0 spiro atoms. The van der Waals surface area contributed by atoms with Gasteiger partial charge < -0.3 is 14.7 Å². The maximum atomic E-state index is 12.4. The number of hydrogen-bond acceptors (Lipinski definition) is 5. The number of nitrogens with zero attached hydrogens (tertiary/aromatic N) is 2. The molecule has 4 rings (SSSR count). The van der Waals surface area contributed by atoms with E-state index in [1.165, 1.54) is 22.0 Å². The van der Waals surface area contributed by atoms with Crippen molar-refractivity contribution in [2.24, 2.45) is 0 Å². The maximum Gasteiger partial charge on any atom is 0.321 e. The Morgan fingerprint density at radius 3 is 2.33 bits per heavy atom. The third-order valence-corrected chi connectivity index (χ3v) is 7.39. The number of carboxylic acids is 1. The van der Waals surface area contributed by atoms with Crippen molar-refractivity contribution in [1.29, 1.82) is 0 Å². The van der Waals surface area contributed by atoms with Gasteiger partial charge in [-0.2, -0.15) is 17.4 Å². The fraction of sp³-hybridized carbons (Fsp3) is 0.292. The summed E-state index contributed by atoms with van der Waals surface area (Å²) in [5.74, 6) is -0.444. The minimum atomic E-state index is -3.83. The summed E-state index contributed by atoms with van der Waals surface area (Å²) < 4.78 is 34.1. The number of fused-ring (bicyclic) bond motifs is 1. The molecular formula is C24H27N3O5S. The van der Waals surface area contributed by atoms with Crippen molar-refractivity contribution in [3.05, 3.63) is 72.3 Å². The number of rotatable bonds is 8. The van der Waals surface area contributed by atoms with Crippen molar-refractivity contribution in [2.75, 3.05) is 31.1 Å². The number of aliphatic carboxylic acids is 1. The van der Waals surface area contributed by atoms with Crippen molar-refractivity contribution in [2.45, 2.75) is 19.6 Å². The molecule has 9 heteroatoms. The molecule has 3 aromatic rings. The average molecular weight is 470 g/mol. The SMILES string of the molecule is C[C@@H](NS(=O)(=O)N1CCN(c2ccc(OCc3ccc4ccccc4c3)cc2)CC1)C(=O)O. The first-order valence-corrected chi connectivity index (χ1v) is 12.2. The summed E-state index contributed by atoms with van der Waals surface area (Å²) in [6.45, 7) is 3.37. The zero-order valence-corrected chi connectivity index (χ0v) is 19.2. The molecule has 8 nitrogen and oxygen atoms in total. The highest BCUT2D eigenvalue weighted by atomic mass is 32.2. The lowest BCUT2D eigenvalue weighted by Gasteiger charge is -2.35. The van der Waals surface area contributed by atoms with Gasteiger partial charge in [0.15, 0.2) is 0 Å². The number of carboxylic acid groups (broad SMARTS) is 1. The summed E-state index contributed by atoms with van der Waals surface area (Å²) in [6, 6.07) is 21.1. The molecule has 1 aliphatic rings. The Hall–Kier alpha value is -3.14. The van der Waals surface area contributed by atoms with Gasteiger partial charge in [0.25, 0.3) is 10.2 Å². The Morgan fingerprint density at radius 1 is 1.00 bits per heavy atom. The van der Waals surface area contributed by atoms with Crippen LogP contribution < -0.4 is 14.4 Å². The fourth-order valence-corrected chi connectivity index (χ4v) is 5.12. The summed E-state index contributed by atoms with van der Waals surface area (Å²) in [6.07, 6.45) is 0. The molecule has 1 fully saturated rings. The molecule has 0 unspecified atom stereocenters. The first kappa shape index (κ1) is 23.0. The second-order valence-corrected chi connectivity index (χ2v) is 9.74. The van der Waals surface area contributed by atoms with Gasteiger partial charge in [0.2, 0.25) is 0 Å². The van der Waals surface area contributed by atoms with Crippen LogP contribution in [0.2, 0.25) is 0 Å². The quantitative estimate of drug-likeness (QED) is 0.526. The van der Waals surface area contributed by atoms with Crippen LogP contribution in [0, 0.1) is 0 Å². The Kier molecular flexibility index (Phi) is 6.83. The second-order valence-electron chi connectivity index (χ2n) is 8.03. The maximum absolute atomic E-state index is 12.4. The number of hydrogen-bond donors (Lipinski definition) is 2. The summed E-state index contributed by atoms with van der Waals surface area (Å²) in [7, 11) is -3.83. The standard InChI is InChI=1S/C24H27N3O5S/c1-18(24(28)29)25-33(30,31)27-14-12-26(13-15-27)22-8-10-23(11-9-22)32-17-19-6-7-20-4-2-3-5-21(20)16-19/h2-11,16,18,25H,12-15,17H2,1H3,(H,28,29)/t18-/m1/s1. The first-order valence-electron chi connectivity index (χ1n) is 10.8. The predicted octanol–water partition coefficient (Wildman–Crippen LogP) is 2.85. The lowest BCUT2D eigenvalue weighted by molar-refractivity contribution is -0.138. The summed E-state index contributed by atoms with van der Waals surface area (Å²) in [5, 5.41) is 11.3. The normalized spacial score (nSPS) is 16.0. The molecule has 0 saturated carbocycles. The van der Waals surface area contributed by atoms with Gasteiger partial charge in [-0.3, -0.25) is 4.79 Å². The number of carbonyl (C=O) groups is 1. The summed E-state index contributed by atoms with van der Waals surface area (Å²) >= 11 is 0. The molecule has 0 aliphatic carbocycles. The van der Waals surface area contributed by atoms with Crippen LogP contribution in [-0.2, 0) is 21.6 Å². The summed E-state index contributed by atoms with van der Waals surface area (Å²) in [5.41, 5.74) is 2.08. The molecule has 0 aromatic heterocycles. The van der Waals surface area contributed by atoms with E-state index in [9.17, 15) is 13.2 Å². The molecular weight excluding hydrogens is 442 g/mol. The predicted molar refractivity (Wildman–Crippen MR) is 128 cm³/mol. The molecule has 2 N–H and O–H groups in total. The lowest BCUT2D eigenvalue weighted by atomic mass is 10.1. The van der Waals surface area contributed by atoms with E-state index >= 15 is 0 Å². The highest BCUT2D eigenvalue weighted by Crippen LogP contribution is 2.23. The zero-order valence-electron chi connectivity index (χ0n) is 18.3. The number of benzene rings is 3. The van der Waals surface area contributed by atoms with Gasteiger partial charge in [0, 0.05) is 31.9 Å². The zero-order chi connectivity index (χ0) is 23.4. The van der Waals surface area contributed by atoms with Crippen molar-refractivity contribution in [3.63, 3.8) is 0 Å². The minimum Gasteiger partial charge on any atom is -0.489 e. The van der Waals surface area contributed by atoms with Crippen molar-refractivity contribution < 1.29 is 23.1 Å². The lowest BCUT2D eigenvalue weighted by Crippen LogP contribution is -2.54. The molecule has 174 valence electrons. The fourth-order valence-electron chi connectivity index (χ4n) is 3.78. The van der Waals surface area contributed by atoms with Crippen molar-refractivity contribution in [3.8, 4) is 5.75 Å². The Balaban J connectivity index is 1.31. The molecule has 0 amide bonds. The van der Waals surface area contributed by atoms with E-state index in [4.69, 9.17) is 9.84 Å². The molecule has 0 bridgehead atoms. The first-order chi connectivity index (χ1) is 15.8. The monoisotopic (exact) mass is 469 g/mol. The van der Waals surface area contributed by atoms with Crippen LogP contribution in [0.5, 0.6) is 5.75 Å².